The second-order valence-electron chi connectivity index (χ2n) is 8.27. The third-order valence-electron chi connectivity index (χ3n) is 6.00. The molecule has 0 aromatic carbocycles. The molecule has 3 aromatic heterocycles. The van der Waals surface area contributed by atoms with Crippen LogP contribution in [0.15, 0.2) is 29.1 Å². The van der Waals surface area contributed by atoms with Crippen molar-refractivity contribution >= 4 is 22.8 Å². The zero-order chi connectivity index (χ0) is 20.2. The molecular formula is C21H22FN5O2. The number of halogens is 1. The molecule has 5 rings (SSSR count). The number of nitrogens with one attached hydrogen (secondary N) is 1. The fourth-order valence-corrected chi connectivity index (χ4v) is 4.04. The smallest absolute Gasteiger partial charge is 0.258 e. The number of pyridine rings is 1. The van der Waals surface area contributed by atoms with Gasteiger partial charge in [0.05, 0.1) is 10.9 Å². The van der Waals surface area contributed by atoms with Gasteiger partial charge in [-0.3, -0.25) is 4.79 Å². The average molecular weight is 395 g/mol. The van der Waals surface area contributed by atoms with Crippen molar-refractivity contribution in [1.29, 1.82) is 0 Å². The van der Waals surface area contributed by atoms with Crippen molar-refractivity contribution in [3.05, 3.63) is 47.5 Å². The number of likely N-dealkylation sites (tertiary alicyclic amines) is 1. The molecule has 0 spiro atoms. The highest BCUT2D eigenvalue weighted by atomic mass is 19.1. The lowest BCUT2D eigenvalue weighted by Crippen LogP contribution is -2.29. The molecule has 2 aliphatic rings. The summed E-state index contributed by atoms with van der Waals surface area (Å²) >= 11 is 0. The fourth-order valence-electron chi connectivity index (χ4n) is 4.04. The predicted octanol–water partition coefficient (Wildman–Crippen LogP) is 3.66. The SMILES string of the molecule is Cc1oc2ncnc(NC3(C)CC3)c2c1C(=O)N1CCC(c2ccnc(F)c2)C1. The number of nitrogens with zero attached hydrogens (tertiary/aromatic N) is 4. The molecule has 29 heavy (non-hydrogen) atoms. The Morgan fingerprint density at radius 1 is 1.34 bits per heavy atom. The molecular weight excluding hydrogens is 373 g/mol. The largest absolute Gasteiger partial charge is 0.442 e. The molecule has 3 aromatic rings. The van der Waals surface area contributed by atoms with Crippen LogP contribution in [0, 0.1) is 12.9 Å². The maximum atomic E-state index is 13.5. The molecule has 8 heteroatoms. The van der Waals surface area contributed by atoms with Crippen LogP contribution in [0.5, 0.6) is 0 Å². The van der Waals surface area contributed by atoms with E-state index < -0.39 is 5.95 Å². The predicted molar refractivity (Wildman–Crippen MR) is 105 cm³/mol. The van der Waals surface area contributed by atoms with Crippen LogP contribution >= 0.6 is 0 Å². The molecule has 2 fully saturated rings. The lowest BCUT2D eigenvalue weighted by atomic mass is 10.00. The summed E-state index contributed by atoms with van der Waals surface area (Å²) in [4.78, 5) is 27.4. The Morgan fingerprint density at radius 3 is 2.93 bits per heavy atom. The van der Waals surface area contributed by atoms with Gasteiger partial charge in [0.1, 0.15) is 17.9 Å². The first-order valence-electron chi connectivity index (χ1n) is 9.86. The van der Waals surface area contributed by atoms with E-state index in [0.29, 0.717) is 41.3 Å². The summed E-state index contributed by atoms with van der Waals surface area (Å²) in [6, 6.07) is 3.26. The Balaban J connectivity index is 1.46. The molecule has 1 atom stereocenters. The number of amides is 1. The molecule has 7 nitrogen and oxygen atoms in total. The highest BCUT2D eigenvalue weighted by molar-refractivity contribution is 6.10. The highest BCUT2D eigenvalue weighted by Crippen LogP contribution is 2.40. The second-order valence-corrected chi connectivity index (χ2v) is 8.27. The summed E-state index contributed by atoms with van der Waals surface area (Å²) in [5.74, 6) is 0.673. The minimum absolute atomic E-state index is 0.0108. The normalized spacial score (nSPS) is 20.2. The fraction of sp³-hybridized carbons (Fsp3) is 0.429. The first-order valence-corrected chi connectivity index (χ1v) is 9.86. The molecule has 0 bridgehead atoms. The lowest BCUT2D eigenvalue weighted by molar-refractivity contribution is 0.0790. The van der Waals surface area contributed by atoms with E-state index in [-0.39, 0.29) is 17.4 Å². The Labute approximate surface area is 167 Å². The van der Waals surface area contributed by atoms with Gasteiger partial charge in [-0.2, -0.15) is 4.39 Å². The van der Waals surface area contributed by atoms with Crippen molar-refractivity contribution in [2.45, 2.75) is 44.6 Å². The number of furan rings is 1. The van der Waals surface area contributed by atoms with E-state index in [1.54, 1.807) is 11.8 Å². The second kappa shape index (κ2) is 6.50. The first-order chi connectivity index (χ1) is 13.9. The highest BCUT2D eigenvalue weighted by Gasteiger charge is 2.39. The van der Waals surface area contributed by atoms with E-state index in [1.165, 1.54) is 18.6 Å². The van der Waals surface area contributed by atoms with E-state index in [0.717, 1.165) is 24.8 Å². The standard InChI is InChI=1S/C21H22FN5O2/c1-12-16(17-18(26-21(2)5-6-21)24-11-25-19(17)29-12)20(28)27-8-4-14(10-27)13-3-7-23-15(22)9-13/h3,7,9,11,14H,4-6,8,10H2,1-2H3,(H,24,25,26). The molecule has 1 unspecified atom stereocenters. The van der Waals surface area contributed by atoms with Gasteiger partial charge in [0.15, 0.2) is 0 Å². The van der Waals surface area contributed by atoms with Crippen LogP contribution in [-0.4, -0.2) is 44.4 Å². The van der Waals surface area contributed by atoms with Crippen molar-refractivity contribution < 1.29 is 13.6 Å². The monoisotopic (exact) mass is 395 g/mol. The molecule has 1 amide bonds. The minimum Gasteiger partial charge on any atom is -0.442 e. The molecule has 1 saturated heterocycles. The molecule has 150 valence electrons. The maximum Gasteiger partial charge on any atom is 0.258 e. The van der Waals surface area contributed by atoms with Crippen molar-refractivity contribution in [2.75, 3.05) is 18.4 Å². The number of anilines is 1. The summed E-state index contributed by atoms with van der Waals surface area (Å²) in [5, 5.41) is 4.09. The number of aromatic nitrogens is 3. The number of aryl methyl sites for hydroxylation is 1. The first kappa shape index (κ1) is 18.0. The topological polar surface area (TPSA) is 84.2 Å². The summed E-state index contributed by atoms with van der Waals surface area (Å²) in [6.45, 7) is 5.05. The molecule has 1 N–H and O–H groups in total. The van der Waals surface area contributed by atoms with Crippen LogP contribution in [-0.2, 0) is 0 Å². The number of rotatable bonds is 4. The quantitative estimate of drug-likeness (QED) is 0.679. The zero-order valence-corrected chi connectivity index (χ0v) is 16.4. The van der Waals surface area contributed by atoms with E-state index >= 15 is 0 Å². The van der Waals surface area contributed by atoms with Gasteiger partial charge in [0.2, 0.25) is 11.7 Å². The van der Waals surface area contributed by atoms with Gasteiger partial charge in [0.25, 0.3) is 5.91 Å². The van der Waals surface area contributed by atoms with Crippen molar-refractivity contribution in [2.24, 2.45) is 0 Å². The van der Waals surface area contributed by atoms with Gasteiger partial charge >= 0.3 is 0 Å². The van der Waals surface area contributed by atoms with E-state index in [2.05, 4.69) is 27.2 Å². The van der Waals surface area contributed by atoms with Crippen LogP contribution in [0.2, 0.25) is 0 Å². The molecule has 1 aliphatic heterocycles. The number of fused-ring (bicyclic) bond motifs is 1. The average Bonchev–Trinajstić information content (AvgIpc) is 3.10. The van der Waals surface area contributed by atoms with Crippen LogP contribution < -0.4 is 5.32 Å². The lowest BCUT2D eigenvalue weighted by Gasteiger charge is -2.18. The van der Waals surface area contributed by atoms with Crippen LogP contribution in [0.1, 0.15) is 53.8 Å². The zero-order valence-electron chi connectivity index (χ0n) is 16.4. The van der Waals surface area contributed by atoms with Gasteiger partial charge in [-0.1, -0.05) is 0 Å². The molecule has 1 aliphatic carbocycles. The van der Waals surface area contributed by atoms with E-state index in [4.69, 9.17) is 4.42 Å². The van der Waals surface area contributed by atoms with Crippen molar-refractivity contribution in [1.82, 2.24) is 19.9 Å². The third-order valence-corrected chi connectivity index (χ3v) is 6.00. The minimum atomic E-state index is -0.495. The van der Waals surface area contributed by atoms with Gasteiger partial charge in [-0.25, -0.2) is 15.0 Å². The van der Waals surface area contributed by atoms with Gasteiger partial charge in [-0.15, -0.1) is 0 Å². The summed E-state index contributed by atoms with van der Waals surface area (Å²) in [5.41, 5.74) is 1.80. The summed E-state index contributed by atoms with van der Waals surface area (Å²) in [7, 11) is 0. The van der Waals surface area contributed by atoms with E-state index in [1.807, 2.05) is 6.07 Å². The molecule has 0 radical (unpaired) electrons. The Hall–Kier alpha value is -3.03. The number of hydrogen-bond acceptors (Lipinski definition) is 6. The maximum absolute atomic E-state index is 13.5. The summed E-state index contributed by atoms with van der Waals surface area (Å²) in [6.07, 6.45) is 5.83. The van der Waals surface area contributed by atoms with E-state index in [9.17, 15) is 9.18 Å². The Bertz CT molecular complexity index is 1110. The van der Waals surface area contributed by atoms with Crippen molar-refractivity contribution in [3.8, 4) is 0 Å². The molecule has 4 heterocycles. The van der Waals surface area contributed by atoms with Gasteiger partial charge in [0, 0.05) is 30.7 Å². The Morgan fingerprint density at radius 2 is 2.17 bits per heavy atom. The van der Waals surface area contributed by atoms with Crippen LogP contribution in [0.25, 0.3) is 11.1 Å². The van der Waals surface area contributed by atoms with Crippen LogP contribution in [0.4, 0.5) is 10.2 Å². The number of carbonyl (C=O) groups excluding carboxylic acids is 1. The summed E-state index contributed by atoms with van der Waals surface area (Å²) < 4.78 is 19.3. The number of hydrogen-bond donors (Lipinski definition) is 1. The van der Waals surface area contributed by atoms with Gasteiger partial charge < -0.3 is 14.6 Å². The van der Waals surface area contributed by atoms with Gasteiger partial charge in [-0.05, 0) is 50.8 Å². The Kier molecular flexibility index (Phi) is 4.04. The molecule has 1 saturated carbocycles. The van der Waals surface area contributed by atoms with Crippen molar-refractivity contribution in [3.63, 3.8) is 0 Å². The van der Waals surface area contributed by atoms with Crippen LogP contribution in [0.3, 0.4) is 0 Å². The third kappa shape index (κ3) is 3.22. The number of carbonyl (C=O) groups is 1.